The summed E-state index contributed by atoms with van der Waals surface area (Å²) in [4.78, 5) is 0. The molecule has 1 nitrogen and oxygen atoms in total. The molecule has 14 heavy (non-hydrogen) atoms. The van der Waals surface area contributed by atoms with Crippen LogP contribution in [-0.4, -0.2) is 12.2 Å². The minimum atomic E-state index is -4.07. The lowest BCUT2D eigenvalue weighted by Crippen LogP contribution is -2.12. The monoisotopic (exact) mass is 201 g/mol. The summed E-state index contributed by atoms with van der Waals surface area (Å²) in [5.41, 5.74) is 0.932. The Bertz CT molecular complexity index is 307. The maximum Gasteiger partial charge on any atom is 0.390 e. The van der Waals surface area contributed by atoms with E-state index in [9.17, 15) is 13.2 Å². The molecule has 0 aliphatic carbocycles. The van der Waals surface area contributed by atoms with Gasteiger partial charge < -0.3 is 5.32 Å². The molecule has 0 spiro atoms. The maximum atomic E-state index is 12.0. The Kier molecular flexibility index (Phi) is 2.23. The first-order valence-corrected chi connectivity index (χ1v) is 4.44. The van der Waals surface area contributed by atoms with Crippen LogP contribution < -0.4 is 5.32 Å². The molecular formula is C10H10F3N. The third kappa shape index (κ3) is 2.26. The molecule has 0 saturated carbocycles. The highest BCUT2D eigenvalue weighted by Gasteiger charge is 2.45. The fourth-order valence-corrected chi connectivity index (χ4v) is 1.59. The third-order valence-electron chi connectivity index (χ3n) is 2.30. The quantitative estimate of drug-likeness (QED) is 0.730. The minimum absolute atomic E-state index is 0.113. The highest BCUT2D eigenvalue weighted by Crippen LogP contribution is 2.37. The highest BCUT2D eigenvalue weighted by atomic mass is 19.4. The first-order valence-electron chi connectivity index (χ1n) is 4.44. The van der Waals surface area contributed by atoms with E-state index in [0.29, 0.717) is 0 Å². The van der Waals surface area contributed by atoms with Gasteiger partial charge in [-0.3, -0.25) is 0 Å². The number of hydrogen-bond acceptors (Lipinski definition) is 1. The van der Waals surface area contributed by atoms with Gasteiger partial charge in [0.05, 0.1) is 6.42 Å². The van der Waals surface area contributed by atoms with E-state index in [0.717, 1.165) is 5.56 Å². The second-order valence-corrected chi connectivity index (χ2v) is 3.48. The Hall–Kier alpha value is -1.03. The molecule has 0 bridgehead atoms. The van der Waals surface area contributed by atoms with E-state index in [4.69, 9.17) is 0 Å². The number of alkyl halides is 3. The molecular weight excluding hydrogens is 191 g/mol. The van der Waals surface area contributed by atoms with Gasteiger partial charge in [-0.1, -0.05) is 30.3 Å². The molecule has 0 radical (unpaired) electrons. The molecule has 76 valence electrons. The molecule has 1 aliphatic rings. The van der Waals surface area contributed by atoms with Crippen LogP contribution in [0.5, 0.6) is 0 Å². The van der Waals surface area contributed by atoms with E-state index in [1.165, 1.54) is 0 Å². The average Bonchev–Trinajstić information content (AvgIpc) is 2.82. The van der Waals surface area contributed by atoms with E-state index in [-0.39, 0.29) is 6.04 Å². The van der Waals surface area contributed by atoms with Gasteiger partial charge in [-0.2, -0.15) is 13.2 Å². The van der Waals surface area contributed by atoms with Gasteiger partial charge in [-0.05, 0) is 5.56 Å². The lowest BCUT2D eigenvalue weighted by Gasteiger charge is -2.03. The fourth-order valence-electron chi connectivity index (χ4n) is 1.59. The van der Waals surface area contributed by atoms with E-state index >= 15 is 0 Å². The predicted octanol–water partition coefficient (Wildman–Crippen LogP) is 2.65. The van der Waals surface area contributed by atoms with Crippen LogP contribution in [0.4, 0.5) is 13.2 Å². The van der Waals surface area contributed by atoms with Crippen molar-refractivity contribution >= 4 is 0 Å². The van der Waals surface area contributed by atoms with Crippen molar-refractivity contribution in [2.45, 2.75) is 24.7 Å². The molecule has 1 heterocycles. The average molecular weight is 201 g/mol. The Morgan fingerprint density at radius 3 is 2.36 bits per heavy atom. The van der Waals surface area contributed by atoms with E-state index in [1.807, 2.05) is 30.3 Å². The van der Waals surface area contributed by atoms with E-state index < -0.39 is 18.6 Å². The largest absolute Gasteiger partial charge is 0.390 e. The van der Waals surface area contributed by atoms with Crippen LogP contribution in [0.3, 0.4) is 0 Å². The molecule has 1 aromatic rings. The molecule has 0 aromatic heterocycles. The SMILES string of the molecule is FC(F)(F)C[C@H]1N[C@@H]1c1ccccc1. The molecule has 0 unspecified atom stereocenters. The smallest absolute Gasteiger partial charge is 0.304 e. The first-order chi connectivity index (χ1) is 6.56. The van der Waals surface area contributed by atoms with Crippen molar-refractivity contribution in [3.8, 4) is 0 Å². The standard InChI is InChI=1S/C10H10F3N/c11-10(12,13)6-8-9(14-8)7-4-2-1-3-5-7/h1-5,8-9,14H,6H2/t8-,9-/m1/s1. The maximum absolute atomic E-state index is 12.0. The van der Waals surface area contributed by atoms with Gasteiger partial charge in [-0.15, -0.1) is 0 Å². The minimum Gasteiger partial charge on any atom is -0.304 e. The summed E-state index contributed by atoms with van der Waals surface area (Å²) in [5, 5.41) is 2.82. The molecule has 1 aliphatic heterocycles. The first kappa shape index (κ1) is 9.52. The van der Waals surface area contributed by atoms with E-state index in [1.54, 1.807) is 0 Å². The molecule has 1 aromatic carbocycles. The molecule has 2 atom stereocenters. The van der Waals surface area contributed by atoms with Crippen molar-refractivity contribution in [1.82, 2.24) is 5.32 Å². The highest BCUT2D eigenvalue weighted by molar-refractivity contribution is 5.26. The lowest BCUT2D eigenvalue weighted by molar-refractivity contribution is -0.134. The second kappa shape index (κ2) is 3.28. The topological polar surface area (TPSA) is 21.9 Å². The second-order valence-electron chi connectivity index (χ2n) is 3.48. The summed E-state index contributed by atoms with van der Waals surface area (Å²) in [6.07, 6.45) is -4.81. The summed E-state index contributed by atoms with van der Waals surface area (Å²) >= 11 is 0. The normalized spacial score (nSPS) is 26.2. The van der Waals surface area contributed by atoms with Crippen LogP contribution in [0.15, 0.2) is 30.3 Å². The third-order valence-corrected chi connectivity index (χ3v) is 2.30. The summed E-state index contributed by atoms with van der Waals surface area (Å²) < 4.78 is 36.0. The Labute approximate surface area is 79.9 Å². The van der Waals surface area contributed by atoms with Crippen molar-refractivity contribution in [2.24, 2.45) is 0 Å². The van der Waals surface area contributed by atoms with E-state index in [2.05, 4.69) is 5.32 Å². The summed E-state index contributed by atoms with van der Waals surface area (Å²) in [7, 11) is 0. The zero-order valence-corrected chi connectivity index (χ0v) is 7.38. The number of rotatable bonds is 2. The molecule has 4 heteroatoms. The zero-order valence-electron chi connectivity index (χ0n) is 7.38. The lowest BCUT2D eigenvalue weighted by atomic mass is 10.1. The number of nitrogens with one attached hydrogen (secondary N) is 1. The number of benzene rings is 1. The van der Waals surface area contributed by atoms with Crippen LogP contribution in [-0.2, 0) is 0 Å². The van der Waals surface area contributed by atoms with Crippen LogP contribution >= 0.6 is 0 Å². The Morgan fingerprint density at radius 2 is 1.79 bits per heavy atom. The van der Waals surface area contributed by atoms with Gasteiger partial charge in [-0.25, -0.2) is 0 Å². The predicted molar refractivity (Wildman–Crippen MR) is 46.8 cm³/mol. The summed E-state index contributed by atoms with van der Waals surface area (Å²) in [5.74, 6) is 0. The van der Waals surface area contributed by atoms with Crippen LogP contribution in [0, 0.1) is 0 Å². The van der Waals surface area contributed by atoms with Crippen molar-refractivity contribution in [3.05, 3.63) is 35.9 Å². The summed E-state index contributed by atoms with van der Waals surface area (Å²) in [6.45, 7) is 0. The molecule has 1 fully saturated rings. The number of halogens is 3. The van der Waals surface area contributed by atoms with Crippen molar-refractivity contribution < 1.29 is 13.2 Å². The summed E-state index contributed by atoms with van der Waals surface area (Å²) in [6, 6.07) is 8.65. The van der Waals surface area contributed by atoms with Crippen LogP contribution in [0.1, 0.15) is 18.0 Å². The molecule has 1 N–H and O–H groups in total. The number of hydrogen-bond donors (Lipinski definition) is 1. The molecule has 1 saturated heterocycles. The zero-order chi connectivity index (χ0) is 10.2. The Morgan fingerprint density at radius 1 is 1.14 bits per heavy atom. The van der Waals surface area contributed by atoms with Crippen LogP contribution in [0.25, 0.3) is 0 Å². The van der Waals surface area contributed by atoms with Gasteiger partial charge in [0, 0.05) is 12.1 Å². The van der Waals surface area contributed by atoms with Gasteiger partial charge in [0.1, 0.15) is 0 Å². The Balaban J connectivity index is 1.94. The van der Waals surface area contributed by atoms with Gasteiger partial charge in [0.15, 0.2) is 0 Å². The van der Waals surface area contributed by atoms with Gasteiger partial charge in [0.25, 0.3) is 0 Å². The fraction of sp³-hybridized carbons (Fsp3) is 0.400. The van der Waals surface area contributed by atoms with Gasteiger partial charge >= 0.3 is 6.18 Å². The van der Waals surface area contributed by atoms with Gasteiger partial charge in [0.2, 0.25) is 0 Å². The van der Waals surface area contributed by atoms with Crippen molar-refractivity contribution in [1.29, 1.82) is 0 Å². The van der Waals surface area contributed by atoms with Crippen molar-refractivity contribution in [2.75, 3.05) is 0 Å². The van der Waals surface area contributed by atoms with Crippen LogP contribution in [0.2, 0.25) is 0 Å². The molecule has 0 amide bonds. The molecule has 2 rings (SSSR count). The van der Waals surface area contributed by atoms with Crippen molar-refractivity contribution in [3.63, 3.8) is 0 Å².